The van der Waals surface area contributed by atoms with Crippen molar-refractivity contribution < 1.29 is 36.2 Å². The molecule has 2 fully saturated rings. The zero-order valence-electron chi connectivity index (χ0n) is 32.3. The number of hydrogen-bond donors (Lipinski definition) is 1. The molecule has 3 aromatic heterocycles. The Morgan fingerprint density at radius 2 is 1.64 bits per heavy atom. The number of ether oxygens (including phenoxy) is 3. The summed E-state index contributed by atoms with van der Waals surface area (Å²) in [5.74, 6) is 0.494. The number of methoxy groups -OCH3 is 2. The fourth-order valence-corrected chi connectivity index (χ4v) is 9.12. The number of rotatable bonds is 11. The van der Waals surface area contributed by atoms with Crippen LogP contribution in [0.2, 0.25) is 0 Å². The third kappa shape index (κ3) is 6.68. The van der Waals surface area contributed by atoms with Gasteiger partial charge in [0.25, 0.3) is 5.88 Å². The Morgan fingerprint density at radius 3 is 2.29 bits per heavy atom. The molecule has 4 aliphatic heterocycles. The molecule has 0 amide bonds. The molecular formula is C43H42F5N7O3. The van der Waals surface area contributed by atoms with Gasteiger partial charge in [0.05, 0.1) is 53.5 Å². The van der Waals surface area contributed by atoms with E-state index in [4.69, 9.17) is 19.2 Å². The molecule has 2 saturated heterocycles. The number of benzene rings is 2. The van der Waals surface area contributed by atoms with Crippen LogP contribution >= 0.6 is 0 Å². The van der Waals surface area contributed by atoms with E-state index in [1.165, 1.54) is 13.0 Å². The van der Waals surface area contributed by atoms with Crippen LogP contribution in [0.25, 0.3) is 16.8 Å². The average Bonchev–Trinajstić information content (AvgIpc) is 3.86. The van der Waals surface area contributed by atoms with E-state index in [1.54, 1.807) is 26.5 Å². The fourth-order valence-electron chi connectivity index (χ4n) is 9.12. The Hall–Kier alpha value is -5.70. The first-order valence-electron chi connectivity index (χ1n) is 19.3. The van der Waals surface area contributed by atoms with E-state index < -0.39 is 35.1 Å². The van der Waals surface area contributed by atoms with Gasteiger partial charge in [-0.1, -0.05) is 24.3 Å². The van der Waals surface area contributed by atoms with Gasteiger partial charge in [0.15, 0.2) is 0 Å². The van der Waals surface area contributed by atoms with Gasteiger partial charge < -0.3 is 29.0 Å². The maximum Gasteiger partial charge on any atom is 0.418 e. The lowest BCUT2D eigenvalue weighted by Gasteiger charge is -2.31. The number of anilines is 2. The molecule has 0 radical (unpaired) electrons. The van der Waals surface area contributed by atoms with Gasteiger partial charge in [0.1, 0.15) is 35.8 Å². The molecule has 0 unspecified atom stereocenters. The van der Waals surface area contributed by atoms with E-state index in [9.17, 15) is 4.39 Å². The van der Waals surface area contributed by atoms with Crippen molar-refractivity contribution in [3.63, 3.8) is 0 Å². The lowest BCUT2D eigenvalue weighted by Crippen LogP contribution is -2.43. The molecule has 4 aliphatic rings. The van der Waals surface area contributed by atoms with Gasteiger partial charge in [-0.25, -0.2) is 9.37 Å². The molecule has 2 aromatic carbocycles. The van der Waals surface area contributed by atoms with E-state index >= 15 is 17.6 Å². The van der Waals surface area contributed by atoms with Crippen molar-refractivity contribution in [1.29, 1.82) is 0 Å². The number of alkyl halides is 4. The number of hydrogen-bond acceptors (Lipinski definition) is 9. The average molecular weight is 800 g/mol. The van der Waals surface area contributed by atoms with Gasteiger partial charge in [-0.15, -0.1) is 5.10 Å². The van der Waals surface area contributed by atoms with Crippen LogP contribution in [0.15, 0.2) is 72.8 Å². The van der Waals surface area contributed by atoms with Crippen molar-refractivity contribution >= 4 is 17.1 Å². The van der Waals surface area contributed by atoms with Crippen molar-refractivity contribution in [2.75, 3.05) is 44.1 Å². The van der Waals surface area contributed by atoms with Crippen molar-refractivity contribution in [3.8, 4) is 28.6 Å². The molecule has 10 nitrogen and oxygen atoms in total. The normalized spacial score (nSPS) is 19.7. The largest absolute Gasteiger partial charge is 0.497 e. The zero-order valence-corrected chi connectivity index (χ0v) is 32.3. The van der Waals surface area contributed by atoms with Crippen LogP contribution in [0, 0.1) is 6.92 Å². The quantitative estimate of drug-likeness (QED) is 0.104. The molecule has 0 aliphatic carbocycles. The van der Waals surface area contributed by atoms with E-state index in [0.717, 1.165) is 30.5 Å². The summed E-state index contributed by atoms with van der Waals surface area (Å²) < 4.78 is 96.8. The highest BCUT2D eigenvalue weighted by atomic mass is 19.4. The molecule has 0 saturated carbocycles. The Morgan fingerprint density at radius 1 is 0.948 bits per heavy atom. The van der Waals surface area contributed by atoms with Crippen molar-refractivity contribution in [1.82, 2.24) is 24.6 Å². The molecule has 58 heavy (non-hydrogen) atoms. The highest BCUT2D eigenvalue weighted by molar-refractivity contribution is 5.98. The second kappa shape index (κ2) is 14.6. The van der Waals surface area contributed by atoms with Gasteiger partial charge in [-0.2, -0.15) is 22.7 Å². The topological polar surface area (TPSA) is 89.8 Å². The third-order valence-corrected chi connectivity index (χ3v) is 11.9. The number of nitrogens with zero attached hydrogens (tertiary/aromatic N) is 6. The molecule has 9 rings (SSSR count). The molecule has 0 spiro atoms. The summed E-state index contributed by atoms with van der Waals surface area (Å²) in [6.45, 7) is 3.56. The highest BCUT2D eigenvalue weighted by Crippen LogP contribution is 2.51. The van der Waals surface area contributed by atoms with Gasteiger partial charge in [0, 0.05) is 50.8 Å². The van der Waals surface area contributed by atoms with Gasteiger partial charge in [-0.05, 0) is 79.4 Å². The summed E-state index contributed by atoms with van der Waals surface area (Å²) in [5.41, 5.74) is 1.06. The van der Waals surface area contributed by atoms with Crippen LogP contribution in [-0.4, -0.2) is 70.3 Å². The minimum absolute atomic E-state index is 0.00150. The summed E-state index contributed by atoms with van der Waals surface area (Å²) in [5, 5.41) is 11.6. The first-order chi connectivity index (χ1) is 27.9. The summed E-state index contributed by atoms with van der Waals surface area (Å²) in [6.07, 6.45) is -1.70. The van der Waals surface area contributed by atoms with Crippen LogP contribution in [0.5, 0.6) is 17.4 Å². The van der Waals surface area contributed by atoms with Gasteiger partial charge in [0.2, 0.25) is 5.95 Å². The van der Waals surface area contributed by atoms with Crippen LogP contribution in [0.4, 0.5) is 33.5 Å². The number of aryl methyl sites for hydroxylation is 3. The van der Waals surface area contributed by atoms with Gasteiger partial charge >= 0.3 is 6.18 Å². The minimum atomic E-state index is -4.89. The summed E-state index contributed by atoms with van der Waals surface area (Å²) >= 11 is 0. The number of nitrogens with one attached hydrogen (secondary N) is 1. The van der Waals surface area contributed by atoms with E-state index in [0.29, 0.717) is 54.4 Å². The number of aromatic nitrogens is 4. The van der Waals surface area contributed by atoms with Crippen LogP contribution in [0.3, 0.4) is 0 Å². The Labute approximate surface area is 332 Å². The Balaban J connectivity index is 1.17. The van der Waals surface area contributed by atoms with E-state index in [2.05, 4.69) is 20.4 Å². The molecule has 2 atom stereocenters. The molecular weight excluding hydrogens is 758 g/mol. The van der Waals surface area contributed by atoms with E-state index in [1.807, 2.05) is 58.0 Å². The lowest BCUT2D eigenvalue weighted by molar-refractivity contribution is -0.138. The van der Waals surface area contributed by atoms with Crippen LogP contribution in [0.1, 0.15) is 58.5 Å². The van der Waals surface area contributed by atoms with Crippen LogP contribution < -0.4 is 24.4 Å². The van der Waals surface area contributed by atoms with Crippen molar-refractivity contribution in [2.24, 2.45) is 0 Å². The standard InChI is InChI=1S/C43H42F5N7O3/c1-25-19-33(54(21-26-5-9-29(56-2)10-6-26)22-27-7-11-30(57-3)12-8-27)49-37(36(25)43(46,47)48)34-31-13-17-53-18-14-32-35(39(31)53)38(50-40(34)45)41(52-51-32)58-24-42-15-4-16-55(42)23-28(44)20-42/h5-13,17,19,28,50H,4,14-16,18,20-24H2,1-3H3/t28-,42+/m1/s1. The number of halogens is 5. The Kier molecular flexibility index (Phi) is 9.53. The number of pyridine rings is 1. The number of fused-ring (bicyclic) bond motifs is 1. The van der Waals surface area contributed by atoms with Crippen LogP contribution in [-0.2, 0) is 32.2 Å². The molecule has 15 heteroatoms. The van der Waals surface area contributed by atoms with Crippen molar-refractivity contribution in [2.45, 2.75) is 70.1 Å². The zero-order chi connectivity index (χ0) is 40.3. The molecule has 7 heterocycles. The summed E-state index contributed by atoms with van der Waals surface area (Å²) in [6, 6.07) is 17.8. The second-order valence-electron chi connectivity index (χ2n) is 15.5. The molecule has 0 bridgehead atoms. The minimum Gasteiger partial charge on any atom is -0.497 e. The maximum absolute atomic E-state index is 17.3. The molecule has 302 valence electrons. The molecule has 1 N–H and O–H groups in total. The van der Waals surface area contributed by atoms with E-state index in [-0.39, 0.29) is 53.8 Å². The summed E-state index contributed by atoms with van der Waals surface area (Å²) in [7, 11) is 3.14. The van der Waals surface area contributed by atoms with Gasteiger partial charge in [-0.3, -0.25) is 4.90 Å². The first-order valence-corrected chi connectivity index (χ1v) is 19.3. The predicted molar refractivity (Wildman–Crippen MR) is 208 cm³/mol. The Bertz CT molecular complexity index is 2350. The monoisotopic (exact) mass is 799 g/mol. The molecule has 5 aromatic rings. The maximum atomic E-state index is 17.3. The van der Waals surface area contributed by atoms with Crippen molar-refractivity contribution in [3.05, 3.63) is 112 Å². The SMILES string of the molecule is COc1ccc(CN(Cc2ccc(OC)cc2)c2cc(C)c(C(F)(F)F)c(C3=C(F)Nc4c(OC[C@@]56CCCN5C[C@H](F)C6)nnc5c4-c4c3ccn4CC5)n2)cc1. The second-order valence-corrected chi connectivity index (χ2v) is 15.5. The summed E-state index contributed by atoms with van der Waals surface area (Å²) in [4.78, 5) is 8.71. The lowest BCUT2D eigenvalue weighted by atomic mass is 9.93. The smallest absolute Gasteiger partial charge is 0.418 e. The third-order valence-electron chi connectivity index (χ3n) is 11.9. The fraction of sp³-hybridized carbons (Fsp3) is 0.372. The predicted octanol–water partition coefficient (Wildman–Crippen LogP) is 8.51. The first kappa shape index (κ1) is 37.9. The highest BCUT2D eigenvalue weighted by Gasteiger charge is 2.50.